The Morgan fingerprint density at radius 2 is 1.97 bits per heavy atom. The van der Waals surface area contributed by atoms with Crippen LogP contribution in [0.2, 0.25) is 0 Å². The van der Waals surface area contributed by atoms with Gasteiger partial charge >= 0.3 is 5.97 Å². The van der Waals surface area contributed by atoms with Crippen LogP contribution < -0.4 is 5.32 Å². The number of hydrogen-bond acceptors (Lipinski definition) is 6. The molecule has 2 N–H and O–H groups in total. The SMILES string of the molecule is CN(C)S(=O)(=O)c1cn([C@@H](CC2CCCC2)C(=O)Nc2ccc(C(=O)O)cn2)cn1. The number of carbonyl (C=O) groups is 2. The molecule has 0 bridgehead atoms. The number of carboxylic acids is 1. The lowest BCUT2D eigenvalue weighted by molar-refractivity contribution is -0.119. The molecule has 2 aromatic heterocycles. The standard InChI is InChI=1S/C19H25N5O5S/c1-23(2)30(28,29)17-11-24(12-21-17)15(9-13-5-3-4-6-13)18(25)22-16-8-7-14(10-20-16)19(26)27/h7-8,10-13,15H,3-6,9H2,1-2H3,(H,26,27)(H,20,22,25)/t15-/m0/s1. The molecule has 3 rings (SSSR count). The molecule has 1 amide bonds. The zero-order valence-corrected chi connectivity index (χ0v) is 17.7. The van der Waals surface area contributed by atoms with Gasteiger partial charge in [0.25, 0.3) is 10.0 Å². The van der Waals surface area contributed by atoms with Crippen LogP contribution in [-0.4, -0.2) is 58.3 Å². The maximum Gasteiger partial charge on any atom is 0.337 e. The maximum atomic E-state index is 13.0. The minimum Gasteiger partial charge on any atom is -0.478 e. The van der Waals surface area contributed by atoms with Gasteiger partial charge in [-0.25, -0.2) is 27.5 Å². The van der Waals surface area contributed by atoms with Gasteiger partial charge in [-0.1, -0.05) is 25.7 Å². The first-order valence-electron chi connectivity index (χ1n) is 9.64. The predicted octanol–water partition coefficient (Wildman–Crippen LogP) is 1.99. The zero-order valence-electron chi connectivity index (χ0n) is 16.9. The number of anilines is 1. The summed E-state index contributed by atoms with van der Waals surface area (Å²) in [5.41, 5.74) is 0.0173. The van der Waals surface area contributed by atoms with E-state index >= 15 is 0 Å². The number of amides is 1. The summed E-state index contributed by atoms with van der Waals surface area (Å²) in [5, 5.41) is 11.5. The molecule has 0 spiro atoms. The number of aromatic carboxylic acids is 1. The number of aromatic nitrogens is 3. The quantitative estimate of drug-likeness (QED) is 0.647. The summed E-state index contributed by atoms with van der Waals surface area (Å²) in [4.78, 5) is 32.0. The van der Waals surface area contributed by atoms with Crippen molar-refractivity contribution in [2.45, 2.75) is 43.2 Å². The average Bonchev–Trinajstić information content (AvgIpc) is 3.38. The number of hydrogen-bond donors (Lipinski definition) is 2. The summed E-state index contributed by atoms with van der Waals surface area (Å²) in [6, 6.07) is 2.12. The van der Waals surface area contributed by atoms with Crippen LogP contribution in [0.1, 0.15) is 48.5 Å². The third-order valence-corrected chi connectivity index (χ3v) is 6.98. The number of nitrogens with zero attached hydrogens (tertiary/aromatic N) is 4. The van der Waals surface area contributed by atoms with Crippen molar-refractivity contribution in [2.75, 3.05) is 19.4 Å². The highest BCUT2D eigenvalue weighted by atomic mass is 32.2. The molecule has 30 heavy (non-hydrogen) atoms. The van der Waals surface area contributed by atoms with Crippen LogP contribution in [0.15, 0.2) is 35.9 Å². The van der Waals surface area contributed by atoms with E-state index in [9.17, 15) is 18.0 Å². The molecule has 1 aliphatic carbocycles. The highest BCUT2D eigenvalue weighted by Gasteiger charge is 2.29. The highest BCUT2D eigenvalue weighted by Crippen LogP contribution is 2.33. The second-order valence-electron chi connectivity index (χ2n) is 7.58. The van der Waals surface area contributed by atoms with Crippen LogP contribution in [0.3, 0.4) is 0 Å². The van der Waals surface area contributed by atoms with Crippen molar-refractivity contribution in [1.82, 2.24) is 18.8 Å². The molecule has 1 aliphatic rings. The number of rotatable bonds is 8. The molecule has 1 atom stereocenters. The van der Waals surface area contributed by atoms with Gasteiger partial charge in [-0.3, -0.25) is 4.79 Å². The molecule has 1 fully saturated rings. The van der Waals surface area contributed by atoms with Crippen molar-refractivity contribution >= 4 is 27.7 Å². The molecule has 0 aliphatic heterocycles. The molecule has 162 valence electrons. The van der Waals surface area contributed by atoms with Crippen molar-refractivity contribution in [2.24, 2.45) is 5.92 Å². The number of pyridine rings is 1. The Labute approximate surface area is 175 Å². The van der Waals surface area contributed by atoms with Crippen molar-refractivity contribution in [3.8, 4) is 0 Å². The predicted molar refractivity (Wildman–Crippen MR) is 109 cm³/mol. The third-order valence-electron chi connectivity index (χ3n) is 5.28. The van der Waals surface area contributed by atoms with Gasteiger partial charge in [-0.05, 0) is 24.5 Å². The monoisotopic (exact) mass is 435 g/mol. The van der Waals surface area contributed by atoms with Gasteiger partial charge in [0.1, 0.15) is 11.9 Å². The van der Waals surface area contributed by atoms with Crippen LogP contribution in [-0.2, 0) is 14.8 Å². The van der Waals surface area contributed by atoms with E-state index in [4.69, 9.17) is 5.11 Å². The zero-order chi connectivity index (χ0) is 21.9. The summed E-state index contributed by atoms with van der Waals surface area (Å²) in [5.74, 6) is -0.877. The Kier molecular flexibility index (Phi) is 6.52. The molecule has 0 radical (unpaired) electrons. The largest absolute Gasteiger partial charge is 0.478 e. The normalized spacial score (nSPS) is 16.0. The van der Waals surface area contributed by atoms with Crippen LogP contribution in [0, 0.1) is 5.92 Å². The van der Waals surface area contributed by atoms with Crippen LogP contribution >= 0.6 is 0 Å². The second kappa shape index (κ2) is 8.92. The van der Waals surface area contributed by atoms with Gasteiger partial charge in [0, 0.05) is 26.5 Å². The van der Waals surface area contributed by atoms with Gasteiger partial charge in [0.05, 0.1) is 11.9 Å². The Morgan fingerprint density at radius 1 is 1.27 bits per heavy atom. The number of carboxylic acid groups (broad SMARTS) is 1. The second-order valence-corrected chi connectivity index (χ2v) is 9.67. The molecule has 2 aromatic rings. The lowest BCUT2D eigenvalue weighted by Crippen LogP contribution is -2.27. The lowest BCUT2D eigenvalue weighted by Gasteiger charge is -2.21. The Balaban J connectivity index is 1.84. The molecule has 1 saturated carbocycles. The van der Waals surface area contributed by atoms with E-state index < -0.39 is 22.0 Å². The van der Waals surface area contributed by atoms with Gasteiger partial charge in [-0.15, -0.1) is 0 Å². The molecule has 0 unspecified atom stereocenters. The first-order valence-corrected chi connectivity index (χ1v) is 11.1. The Morgan fingerprint density at radius 3 is 2.53 bits per heavy atom. The van der Waals surface area contributed by atoms with Gasteiger partial charge < -0.3 is 15.0 Å². The van der Waals surface area contributed by atoms with E-state index in [1.54, 1.807) is 0 Å². The first kappa shape index (κ1) is 21.9. The summed E-state index contributed by atoms with van der Waals surface area (Å²) in [6.07, 6.45) is 8.72. The fraction of sp³-hybridized carbons (Fsp3) is 0.474. The van der Waals surface area contributed by atoms with E-state index in [0.717, 1.165) is 30.0 Å². The Hall–Kier alpha value is -2.79. The van der Waals surface area contributed by atoms with Gasteiger partial charge in [-0.2, -0.15) is 0 Å². The van der Waals surface area contributed by atoms with Crippen LogP contribution in [0.25, 0.3) is 0 Å². The highest BCUT2D eigenvalue weighted by molar-refractivity contribution is 7.89. The van der Waals surface area contributed by atoms with Gasteiger partial charge in [0.2, 0.25) is 5.91 Å². The summed E-state index contributed by atoms with van der Waals surface area (Å²) in [7, 11) is -0.872. The number of carbonyl (C=O) groups excluding carboxylic acids is 1. The fourth-order valence-corrected chi connectivity index (χ4v) is 4.35. The summed E-state index contributed by atoms with van der Waals surface area (Å²) >= 11 is 0. The lowest BCUT2D eigenvalue weighted by atomic mass is 9.97. The minimum absolute atomic E-state index is 0.0173. The first-order chi connectivity index (χ1) is 14.2. The number of nitrogens with one attached hydrogen (secondary N) is 1. The molecule has 2 heterocycles. The van der Waals surface area contributed by atoms with Crippen molar-refractivity contribution in [3.05, 3.63) is 36.4 Å². The minimum atomic E-state index is -3.71. The van der Waals surface area contributed by atoms with Gasteiger partial charge in [0.15, 0.2) is 5.03 Å². The molecule has 0 saturated heterocycles. The smallest absolute Gasteiger partial charge is 0.337 e. The van der Waals surface area contributed by atoms with Crippen molar-refractivity contribution in [1.29, 1.82) is 0 Å². The third kappa shape index (κ3) is 4.85. The van der Waals surface area contributed by atoms with E-state index in [0.29, 0.717) is 12.3 Å². The van der Waals surface area contributed by atoms with Crippen molar-refractivity contribution < 1.29 is 23.1 Å². The molecular weight excluding hydrogens is 410 g/mol. The van der Waals surface area contributed by atoms with E-state index in [1.807, 2.05) is 0 Å². The van der Waals surface area contributed by atoms with E-state index in [2.05, 4.69) is 15.3 Å². The molecule has 11 heteroatoms. The number of imidazole rings is 1. The maximum absolute atomic E-state index is 13.0. The van der Waals surface area contributed by atoms with Crippen LogP contribution in [0.4, 0.5) is 5.82 Å². The van der Waals surface area contributed by atoms with Crippen molar-refractivity contribution in [3.63, 3.8) is 0 Å². The average molecular weight is 436 g/mol. The van der Waals surface area contributed by atoms with E-state index in [1.165, 1.54) is 49.5 Å². The number of sulfonamides is 1. The fourth-order valence-electron chi connectivity index (χ4n) is 3.54. The summed E-state index contributed by atoms with van der Waals surface area (Å²) in [6.45, 7) is 0. The van der Waals surface area contributed by atoms with Crippen LogP contribution in [0.5, 0.6) is 0 Å². The summed E-state index contributed by atoms with van der Waals surface area (Å²) < 4.78 is 27.3. The molecule has 10 nitrogen and oxygen atoms in total. The Bertz CT molecular complexity index is 1010. The van der Waals surface area contributed by atoms with E-state index in [-0.39, 0.29) is 22.3 Å². The molecular formula is C19H25N5O5S. The molecule has 0 aromatic carbocycles. The topological polar surface area (TPSA) is 134 Å².